The van der Waals surface area contributed by atoms with E-state index in [0.717, 1.165) is 31.5 Å². The Balaban J connectivity index is 1.87. The summed E-state index contributed by atoms with van der Waals surface area (Å²) in [6.07, 6.45) is 4.24. The Morgan fingerprint density at radius 3 is 2.61 bits per heavy atom. The minimum absolute atomic E-state index is 0.0267. The van der Waals surface area contributed by atoms with Crippen LogP contribution in [-0.4, -0.2) is 35.8 Å². The van der Waals surface area contributed by atoms with Crippen LogP contribution in [0.3, 0.4) is 0 Å². The van der Waals surface area contributed by atoms with Crippen LogP contribution in [0.15, 0.2) is 29.4 Å². The fourth-order valence-corrected chi connectivity index (χ4v) is 2.81. The van der Waals surface area contributed by atoms with Gasteiger partial charge in [0.05, 0.1) is 0 Å². The summed E-state index contributed by atoms with van der Waals surface area (Å²) in [5.41, 5.74) is 6.75. The van der Waals surface area contributed by atoms with Gasteiger partial charge in [0.1, 0.15) is 5.84 Å². The molecule has 1 aliphatic heterocycles. The van der Waals surface area contributed by atoms with Crippen LogP contribution in [0.5, 0.6) is 0 Å². The number of hydrogen-bond acceptors (Lipinski definition) is 3. The van der Waals surface area contributed by atoms with E-state index in [2.05, 4.69) is 5.16 Å². The van der Waals surface area contributed by atoms with Crippen LogP contribution in [0.1, 0.15) is 38.2 Å². The first-order valence-electron chi connectivity index (χ1n) is 8.08. The molecule has 0 aliphatic carbocycles. The number of halogens is 1. The molecule has 6 heteroatoms. The molecule has 0 radical (unpaired) electrons. The topological polar surface area (TPSA) is 67.9 Å². The van der Waals surface area contributed by atoms with E-state index in [-0.39, 0.29) is 5.91 Å². The highest BCUT2D eigenvalue weighted by molar-refractivity contribution is 6.31. The van der Waals surface area contributed by atoms with Gasteiger partial charge in [0, 0.05) is 24.5 Å². The third-order valence-corrected chi connectivity index (χ3v) is 4.29. The van der Waals surface area contributed by atoms with E-state index in [1.807, 2.05) is 23.1 Å². The summed E-state index contributed by atoms with van der Waals surface area (Å²) < 4.78 is 0. The van der Waals surface area contributed by atoms with E-state index >= 15 is 0 Å². The van der Waals surface area contributed by atoms with Crippen molar-refractivity contribution in [1.29, 1.82) is 0 Å². The molecule has 1 unspecified atom stereocenters. The maximum Gasteiger partial charge on any atom is 0.266 e. The number of carbonyl (C=O) groups is 1. The number of amidine groups is 1. The Kier molecular flexibility index (Phi) is 6.71. The summed E-state index contributed by atoms with van der Waals surface area (Å²) in [5.74, 6) is 0.273. The first kappa shape index (κ1) is 17.6. The molecule has 126 valence electrons. The quantitative estimate of drug-likeness (QED) is 0.510. The zero-order chi connectivity index (χ0) is 16.7. The number of nitrogens with two attached hydrogens (primary N) is 1. The molecular weight excluding hydrogens is 314 g/mol. The van der Waals surface area contributed by atoms with E-state index in [1.165, 1.54) is 12.8 Å². The lowest BCUT2D eigenvalue weighted by atomic mass is 10.1. The maximum atomic E-state index is 12.3. The van der Waals surface area contributed by atoms with Crippen molar-refractivity contribution in [1.82, 2.24) is 4.90 Å². The fourth-order valence-electron chi connectivity index (χ4n) is 2.61. The minimum atomic E-state index is -0.627. The normalized spacial score (nSPS) is 17.5. The molecule has 2 N–H and O–H groups in total. The molecule has 1 amide bonds. The van der Waals surface area contributed by atoms with Crippen molar-refractivity contribution in [2.45, 2.75) is 45.1 Å². The molecule has 0 bridgehead atoms. The minimum Gasteiger partial charge on any atom is -0.384 e. The second kappa shape index (κ2) is 8.77. The molecule has 1 fully saturated rings. The van der Waals surface area contributed by atoms with Gasteiger partial charge in [-0.25, -0.2) is 0 Å². The van der Waals surface area contributed by atoms with Gasteiger partial charge in [-0.1, -0.05) is 47.8 Å². The Labute approximate surface area is 142 Å². The molecule has 2 rings (SSSR count). The van der Waals surface area contributed by atoms with Gasteiger partial charge in [0.25, 0.3) is 5.91 Å². The first-order valence-corrected chi connectivity index (χ1v) is 8.46. The van der Waals surface area contributed by atoms with E-state index in [0.29, 0.717) is 17.3 Å². The number of likely N-dealkylation sites (tertiary alicyclic amines) is 1. The van der Waals surface area contributed by atoms with E-state index in [1.54, 1.807) is 13.0 Å². The van der Waals surface area contributed by atoms with Gasteiger partial charge >= 0.3 is 0 Å². The SMILES string of the molecule is CC(O/N=C(/N)Cc1ccccc1Cl)C(=O)N1CCCCCC1. The van der Waals surface area contributed by atoms with Crippen LogP contribution >= 0.6 is 11.6 Å². The summed E-state index contributed by atoms with van der Waals surface area (Å²) in [6, 6.07) is 7.44. The molecule has 1 atom stereocenters. The van der Waals surface area contributed by atoms with E-state index < -0.39 is 6.10 Å². The van der Waals surface area contributed by atoms with Gasteiger partial charge in [-0.05, 0) is 31.4 Å². The monoisotopic (exact) mass is 337 g/mol. The number of benzene rings is 1. The molecule has 1 aromatic rings. The summed E-state index contributed by atoms with van der Waals surface area (Å²) in [4.78, 5) is 19.5. The number of carbonyl (C=O) groups excluding carboxylic acids is 1. The molecule has 0 aromatic heterocycles. The third kappa shape index (κ3) is 5.43. The average molecular weight is 338 g/mol. The number of nitrogens with zero attached hydrogens (tertiary/aromatic N) is 2. The van der Waals surface area contributed by atoms with Crippen molar-refractivity contribution in [3.63, 3.8) is 0 Å². The second-order valence-corrected chi connectivity index (χ2v) is 6.25. The van der Waals surface area contributed by atoms with Crippen LogP contribution in [0.25, 0.3) is 0 Å². The van der Waals surface area contributed by atoms with Crippen molar-refractivity contribution < 1.29 is 9.63 Å². The predicted octanol–water partition coefficient (Wildman–Crippen LogP) is 2.96. The molecule has 1 heterocycles. The summed E-state index contributed by atoms with van der Waals surface area (Å²) in [5, 5.41) is 4.53. The number of amides is 1. The summed E-state index contributed by atoms with van der Waals surface area (Å²) in [6.45, 7) is 3.30. The van der Waals surface area contributed by atoms with Crippen molar-refractivity contribution in [3.8, 4) is 0 Å². The van der Waals surface area contributed by atoms with Crippen LogP contribution in [0.2, 0.25) is 5.02 Å². The molecule has 1 aromatic carbocycles. The van der Waals surface area contributed by atoms with Gasteiger partial charge in [-0.15, -0.1) is 0 Å². The summed E-state index contributed by atoms with van der Waals surface area (Å²) in [7, 11) is 0. The lowest BCUT2D eigenvalue weighted by Crippen LogP contribution is -2.39. The van der Waals surface area contributed by atoms with Crippen molar-refractivity contribution in [3.05, 3.63) is 34.9 Å². The average Bonchev–Trinajstić information content (AvgIpc) is 2.83. The highest BCUT2D eigenvalue weighted by atomic mass is 35.5. The highest BCUT2D eigenvalue weighted by Gasteiger charge is 2.22. The molecule has 1 aliphatic rings. The number of hydrogen-bond donors (Lipinski definition) is 1. The van der Waals surface area contributed by atoms with Crippen molar-refractivity contribution in [2.75, 3.05) is 13.1 Å². The largest absolute Gasteiger partial charge is 0.384 e. The highest BCUT2D eigenvalue weighted by Crippen LogP contribution is 2.15. The van der Waals surface area contributed by atoms with Crippen LogP contribution in [0, 0.1) is 0 Å². The van der Waals surface area contributed by atoms with Gasteiger partial charge in [-0.2, -0.15) is 0 Å². The molecular formula is C17H24ClN3O2. The lowest BCUT2D eigenvalue weighted by Gasteiger charge is -2.22. The van der Waals surface area contributed by atoms with Crippen LogP contribution < -0.4 is 5.73 Å². The number of oxime groups is 1. The standard InChI is InChI=1S/C17H24ClN3O2/c1-13(17(22)21-10-6-2-3-7-11-21)23-20-16(19)12-14-8-4-5-9-15(14)18/h4-5,8-9,13H,2-3,6-7,10-12H2,1H3,(H2,19,20). The third-order valence-electron chi connectivity index (χ3n) is 3.92. The molecule has 23 heavy (non-hydrogen) atoms. The van der Waals surface area contributed by atoms with Crippen LogP contribution in [-0.2, 0) is 16.1 Å². The van der Waals surface area contributed by atoms with Gasteiger partial charge in [0.15, 0.2) is 0 Å². The molecule has 0 spiro atoms. The smallest absolute Gasteiger partial charge is 0.266 e. The van der Waals surface area contributed by atoms with Gasteiger partial charge in [-0.3, -0.25) is 4.79 Å². The Morgan fingerprint density at radius 2 is 1.96 bits per heavy atom. The predicted molar refractivity (Wildman–Crippen MR) is 92.4 cm³/mol. The van der Waals surface area contributed by atoms with E-state index in [9.17, 15) is 4.79 Å². The lowest BCUT2D eigenvalue weighted by molar-refractivity contribution is -0.142. The van der Waals surface area contributed by atoms with Crippen molar-refractivity contribution in [2.24, 2.45) is 10.9 Å². The maximum absolute atomic E-state index is 12.3. The first-order chi connectivity index (χ1) is 11.1. The number of rotatable bonds is 5. The Hall–Kier alpha value is -1.75. The zero-order valence-electron chi connectivity index (χ0n) is 13.5. The Morgan fingerprint density at radius 1 is 1.30 bits per heavy atom. The zero-order valence-corrected chi connectivity index (χ0v) is 14.3. The Bertz CT molecular complexity index is 555. The van der Waals surface area contributed by atoms with E-state index in [4.69, 9.17) is 22.2 Å². The second-order valence-electron chi connectivity index (χ2n) is 5.84. The molecule has 5 nitrogen and oxygen atoms in total. The van der Waals surface area contributed by atoms with Gasteiger partial charge in [0.2, 0.25) is 6.10 Å². The van der Waals surface area contributed by atoms with Crippen molar-refractivity contribution >= 4 is 23.3 Å². The summed E-state index contributed by atoms with van der Waals surface area (Å²) >= 11 is 6.09. The molecule has 1 saturated heterocycles. The molecule has 0 saturated carbocycles. The van der Waals surface area contributed by atoms with Gasteiger partial charge < -0.3 is 15.5 Å². The fraction of sp³-hybridized carbons (Fsp3) is 0.529. The van der Waals surface area contributed by atoms with Crippen LogP contribution in [0.4, 0.5) is 0 Å².